The van der Waals surface area contributed by atoms with Crippen molar-refractivity contribution >= 4 is 13.3 Å². The molecule has 0 aromatic heterocycles. The van der Waals surface area contributed by atoms with Crippen LogP contribution >= 0.6 is 0 Å². The second kappa shape index (κ2) is 3.47. The van der Waals surface area contributed by atoms with Crippen molar-refractivity contribution in [1.82, 2.24) is 0 Å². The Balaban J connectivity index is 2.85. The Bertz CT molecular complexity index is 359. The molecular weight excluding hydrogens is 214 g/mol. The number of hydrogen-bond acceptors (Lipinski definition) is 2. The van der Waals surface area contributed by atoms with Gasteiger partial charge in [-0.3, -0.25) is 0 Å². The van der Waals surface area contributed by atoms with E-state index in [9.17, 15) is 13.5 Å². The monoisotopic (exact) mass is 219 g/mol. The zero-order chi connectivity index (χ0) is 9.19. The molecule has 12 heavy (non-hydrogen) atoms. The van der Waals surface area contributed by atoms with Gasteiger partial charge < -0.3 is 0 Å². The quantitative estimate of drug-likeness (QED) is 0.755. The molecule has 0 amide bonds. The molecule has 1 aromatic rings. The van der Waals surface area contributed by atoms with Gasteiger partial charge in [-0.15, -0.1) is 0 Å². The topological polar surface area (TPSA) is 66.1 Å². The number of anilines is 1. The van der Waals surface area contributed by atoms with Gasteiger partial charge in [0.05, 0.1) is 0 Å². The van der Waals surface area contributed by atoms with Crippen LogP contribution in [0, 0.1) is 0 Å². The predicted molar refractivity (Wildman–Crippen MR) is 39.1 cm³/mol. The van der Waals surface area contributed by atoms with Crippen LogP contribution in [0.1, 0.15) is 0 Å². The fourth-order valence-electron chi connectivity index (χ4n) is 0.678. The Morgan fingerprint density at radius 2 is 1.67 bits per heavy atom. The third-order valence-electron chi connectivity index (χ3n) is 1.11. The molecule has 0 bridgehead atoms. The summed E-state index contributed by atoms with van der Waals surface area (Å²) in [7, 11) is -3.24. The SMILES string of the molecule is [O]c1ccc(N[S](=O)(=O)[Ti])cc1. The van der Waals surface area contributed by atoms with E-state index in [0.717, 1.165) is 19.1 Å². The molecule has 0 spiro atoms. The van der Waals surface area contributed by atoms with Gasteiger partial charge in [0.15, 0.2) is 0 Å². The van der Waals surface area contributed by atoms with Crippen molar-refractivity contribution in [3.63, 3.8) is 0 Å². The zero-order valence-corrected chi connectivity index (χ0v) is 8.32. The van der Waals surface area contributed by atoms with Crippen LogP contribution in [0.15, 0.2) is 24.3 Å². The van der Waals surface area contributed by atoms with E-state index < -0.39 is 7.61 Å². The normalized spacial score (nSPS) is 10.9. The van der Waals surface area contributed by atoms with E-state index in [-0.39, 0.29) is 5.75 Å². The van der Waals surface area contributed by atoms with Crippen molar-refractivity contribution in [2.75, 3.05) is 4.72 Å². The van der Waals surface area contributed by atoms with Crippen molar-refractivity contribution in [2.45, 2.75) is 0 Å². The third kappa shape index (κ3) is 3.25. The predicted octanol–water partition coefficient (Wildman–Crippen LogP) is 1.03. The van der Waals surface area contributed by atoms with Gasteiger partial charge in [-0.25, -0.2) is 0 Å². The summed E-state index contributed by atoms with van der Waals surface area (Å²) < 4.78 is 23.6. The standard InChI is InChI=1S/C6H5NO3S.Ti/c8-6-3-1-5(2-4-6)7-11(9)10;/h1-4H,(H,7,9,10);. The summed E-state index contributed by atoms with van der Waals surface area (Å²) in [6.45, 7) is 0. The average Bonchev–Trinajstić information content (AvgIpc) is 1.91. The molecule has 0 saturated carbocycles. The molecule has 62 valence electrons. The molecule has 0 atom stereocenters. The van der Waals surface area contributed by atoms with E-state index in [2.05, 4.69) is 4.72 Å². The number of rotatable bonds is 2. The van der Waals surface area contributed by atoms with Gasteiger partial charge in [0.1, 0.15) is 0 Å². The van der Waals surface area contributed by atoms with Gasteiger partial charge in [-0.1, -0.05) is 0 Å². The minimum atomic E-state index is -3.24. The molecule has 0 unspecified atom stereocenters. The summed E-state index contributed by atoms with van der Waals surface area (Å²) >= 11 is 1.05. The molecule has 0 fully saturated rings. The van der Waals surface area contributed by atoms with Crippen LogP contribution in [-0.2, 0) is 31.8 Å². The first-order valence-electron chi connectivity index (χ1n) is 3.02. The first-order chi connectivity index (χ1) is 5.47. The van der Waals surface area contributed by atoms with Crippen molar-refractivity contribution in [3.8, 4) is 5.75 Å². The van der Waals surface area contributed by atoms with E-state index in [1.165, 1.54) is 24.3 Å². The molecule has 0 aliphatic heterocycles. The molecule has 4 nitrogen and oxygen atoms in total. The van der Waals surface area contributed by atoms with Crippen LogP contribution in [0.5, 0.6) is 5.75 Å². The molecule has 1 N–H and O–H groups in total. The van der Waals surface area contributed by atoms with Crippen molar-refractivity contribution in [2.24, 2.45) is 0 Å². The first-order valence-corrected chi connectivity index (χ1v) is 6.41. The Morgan fingerprint density at radius 1 is 1.17 bits per heavy atom. The first kappa shape index (κ1) is 9.57. The fraction of sp³-hybridized carbons (Fsp3) is 0. The van der Waals surface area contributed by atoms with E-state index in [1.807, 2.05) is 0 Å². The summed E-state index contributed by atoms with van der Waals surface area (Å²) in [4.78, 5) is 0. The molecule has 6 heteroatoms. The molecular formula is C6H5NO3STi. The molecule has 0 aliphatic carbocycles. The van der Waals surface area contributed by atoms with Gasteiger partial charge in [0.2, 0.25) is 0 Å². The Morgan fingerprint density at radius 3 is 2.08 bits per heavy atom. The average molecular weight is 219 g/mol. The summed E-state index contributed by atoms with van der Waals surface area (Å²) in [6.07, 6.45) is 0. The third-order valence-corrected chi connectivity index (χ3v) is 2.09. The van der Waals surface area contributed by atoms with Gasteiger partial charge >= 0.3 is 80.7 Å². The van der Waals surface area contributed by atoms with Crippen LogP contribution in [0.4, 0.5) is 5.69 Å². The van der Waals surface area contributed by atoms with Crippen molar-refractivity contribution in [1.29, 1.82) is 0 Å². The number of hydrogen-bond donors (Lipinski definition) is 1. The molecule has 1 aromatic carbocycles. The Labute approximate surface area is 80.7 Å². The maximum absolute atomic E-state index is 10.7. The van der Waals surface area contributed by atoms with Crippen molar-refractivity contribution < 1.29 is 32.7 Å². The summed E-state index contributed by atoms with van der Waals surface area (Å²) in [6, 6.07) is 5.44. The van der Waals surface area contributed by atoms with E-state index in [4.69, 9.17) is 0 Å². The van der Waals surface area contributed by atoms with Gasteiger partial charge in [0.25, 0.3) is 0 Å². The second-order valence-electron chi connectivity index (χ2n) is 2.13. The summed E-state index contributed by atoms with van der Waals surface area (Å²) in [5.74, 6) is -0.144. The van der Waals surface area contributed by atoms with Gasteiger partial charge in [-0.05, 0) is 0 Å². The van der Waals surface area contributed by atoms with Crippen LogP contribution in [-0.4, -0.2) is 8.42 Å². The van der Waals surface area contributed by atoms with Crippen LogP contribution in [0.2, 0.25) is 0 Å². The van der Waals surface area contributed by atoms with Crippen LogP contribution in [0.25, 0.3) is 0 Å². The van der Waals surface area contributed by atoms with Crippen LogP contribution < -0.4 is 4.72 Å². The van der Waals surface area contributed by atoms with E-state index in [1.54, 1.807) is 0 Å². The van der Waals surface area contributed by atoms with Gasteiger partial charge in [-0.2, -0.15) is 0 Å². The van der Waals surface area contributed by atoms with E-state index in [0.29, 0.717) is 5.69 Å². The van der Waals surface area contributed by atoms with E-state index >= 15 is 0 Å². The summed E-state index contributed by atoms with van der Waals surface area (Å²) in [5, 5.41) is 10.6. The zero-order valence-electron chi connectivity index (χ0n) is 5.94. The second-order valence-corrected chi connectivity index (χ2v) is 5.86. The molecule has 0 aliphatic rings. The number of benzene rings is 1. The molecule has 1 radical (unpaired) electrons. The maximum atomic E-state index is 10.7. The van der Waals surface area contributed by atoms with Crippen LogP contribution in [0.3, 0.4) is 0 Å². The minimum absolute atomic E-state index is 0.144. The fourth-order valence-corrected chi connectivity index (χ4v) is 1.68. The summed E-state index contributed by atoms with van der Waals surface area (Å²) in [5.41, 5.74) is 0.400. The van der Waals surface area contributed by atoms with Crippen molar-refractivity contribution in [3.05, 3.63) is 24.3 Å². The molecule has 0 heterocycles. The Kier molecular flexibility index (Phi) is 2.77. The number of nitrogens with one attached hydrogen (secondary N) is 1. The molecule has 1 rings (SSSR count). The molecule has 0 saturated heterocycles. The Hall–Kier alpha value is -0.516. The van der Waals surface area contributed by atoms with Gasteiger partial charge in [0, 0.05) is 0 Å².